The van der Waals surface area contributed by atoms with Crippen LogP contribution in [-0.2, 0) is 0 Å². The number of aliphatic hydroxyl groups excluding tert-OH is 1. The van der Waals surface area contributed by atoms with E-state index in [1.165, 1.54) is 18.4 Å². The number of nitrogens with one attached hydrogen (secondary N) is 1. The molecule has 0 radical (unpaired) electrons. The molecule has 2 aliphatic rings. The van der Waals surface area contributed by atoms with Crippen molar-refractivity contribution in [1.82, 2.24) is 10.3 Å². The third-order valence-electron chi connectivity index (χ3n) is 4.25. The van der Waals surface area contributed by atoms with E-state index in [2.05, 4.69) is 16.4 Å². The average Bonchev–Trinajstić information content (AvgIpc) is 3.13. The molecular weight excluding hydrogens is 240 g/mol. The van der Waals surface area contributed by atoms with E-state index in [1.807, 2.05) is 6.20 Å². The van der Waals surface area contributed by atoms with Crippen molar-refractivity contribution < 1.29 is 9.84 Å². The summed E-state index contributed by atoms with van der Waals surface area (Å²) in [5, 5.41) is 12.3. The Labute approximate surface area is 114 Å². The Morgan fingerprint density at radius 1 is 1.37 bits per heavy atom. The Morgan fingerprint density at radius 2 is 2.26 bits per heavy atom. The van der Waals surface area contributed by atoms with Crippen LogP contribution in [0.15, 0.2) is 18.5 Å². The maximum Gasteiger partial charge on any atom is 0.137 e. The highest BCUT2D eigenvalue weighted by Crippen LogP contribution is 2.49. The Balaban J connectivity index is 1.48. The summed E-state index contributed by atoms with van der Waals surface area (Å²) < 4.78 is 5.77. The van der Waals surface area contributed by atoms with E-state index in [0.717, 1.165) is 31.7 Å². The molecule has 104 valence electrons. The van der Waals surface area contributed by atoms with Crippen LogP contribution in [0.3, 0.4) is 0 Å². The van der Waals surface area contributed by atoms with Crippen molar-refractivity contribution >= 4 is 0 Å². The summed E-state index contributed by atoms with van der Waals surface area (Å²) in [6.45, 7) is 2.20. The summed E-state index contributed by atoms with van der Waals surface area (Å²) in [6.07, 6.45) is 8.15. The molecule has 3 atom stereocenters. The van der Waals surface area contributed by atoms with Crippen molar-refractivity contribution in [3.05, 3.63) is 24.0 Å². The Morgan fingerprint density at radius 3 is 3.00 bits per heavy atom. The van der Waals surface area contributed by atoms with Crippen LogP contribution < -0.4 is 10.1 Å². The third-order valence-corrected chi connectivity index (χ3v) is 4.25. The minimum atomic E-state index is 0.291. The second-order valence-corrected chi connectivity index (χ2v) is 5.65. The molecule has 2 N–H and O–H groups in total. The lowest BCUT2D eigenvalue weighted by molar-refractivity contribution is 0.251. The summed E-state index contributed by atoms with van der Waals surface area (Å²) in [7, 11) is 0. The van der Waals surface area contributed by atoms with E-state index >= 15 is 0 Å². The molecule has 0 aromatic carbocycles. The van der Waals surface area contributed by atoms with Gasteiger partial charge in [-0.05, 0) is 55.7 Å². The monoisotopic (exact) mass is 262 g/mol. The second kappa shape index (κ2) is 5.88. The molecule has 4 heteroatoms. The Hall–Kier alpha value is -1.13. The maximum absolute atomic E-state index is 8.95. The lowest BCUT2D eigenvalue weighted by Gasteiger charge is -2.27. The van der Waals surface area contributed by atoms with Crippen molar-refractivity contribution in [2.24, 2.45) is 5.92 Å². The van der Waals surface area contributed by atoms with Gasteiger partial charge in [0.25, 0.3) is 0 Å². The normalized spacial score (nSPS) is 28.8. The van der Waals surface area contributed by atoms with Crippen molar-refractivity contribution in [3.63, 3.8) is 0 Å². The predicted octanol–water partition coefficient (Wildman–Crippen LogP) is 1.70. The minimum absolute atomic E-state index is 0.291. The summed E-state index contributed by atoms with van der Waals surface area (Å²) in [5.41, 5.74) is 1.26. The third kappa shape index (κ3) is 3.25. The zero-order valence-electron chi connectivity index (χ0n) is 11.2. The molecule has 4 nitrogen and oxygen atoms in total. The van der Waals surface area contributed by atoms with Gasteiger partial charge in [0.15, 0.2) is 0 Å². The molecule has 3 rings (SSSR count). The van der Waals surface area contributed by atoms with Crippen LogP contribution in [0, 0.1) is 5.92 Å². The van der Waals surface area contributed by atoms with Crippen molar-refractivity contribution in [2.75, 3.05) is 19.8 Å². The van der Waals surface area contributed by atoms with Gasteiger partial charge >= 0.3 is 0 Å². The molecule has 1 aromatic rings. The first-order valence-electron chi connectivity index (χ1n) is 7.29. The van der Waals surface area contributed by atoms with Gasteiger partial charge in [-0.3, -0.25) is 4.98 Å². The van der Waals surface area contributed by atoms with Crippen LogP contribution >= 0.6 is 0 Å². The van der Waals surface area contributed by atoms with Gasteiger partial charge in [-0.2, -0.15) is 0 Å². The summed E-state index contributed by atoms with van der Waals surface area (Å²) in [6, 6.07) is 2.76. The quantitative estimate of drug-likeness (QED) is 0.785. The van der Waals surface area contributed by atoms with Gasteiger partial charge < -0.3 is 15.2 Å². The van der Waals surface area contributed by atoms with Crippen molar-refractivity contribution in [1.29, 1.82) is 0 Å². The SMILES string of the molecule is OCC[C@H]1C[C@@H]1c1cncc(OCC[C@@H]2CCN2)c1. The first-order chi connectivity index (χ1) is 9.36. The van der Waals surface area contributed by atoms with E-state index in [1.54, 1.807) is 6.20 Å². The molecule has 0 spiro atoms. The van der Waals surface area contributed by atoms with Gasteiger partial charge in [-0.1, -0.05) is 0 Å². The van der Waals surface area contributed by atoms with Crippen molar-refractivity contribution in [3.8, 4) is 5.75 Å². The van der Waals surface area contributed by atoms with Gasteiger partial charge in [-0.15, -0.1) is 0 Å². The number of pyridine rings is 1. The highest BCUT2D eigenvalue weighted by Gasteiger charge is 2.37. The van der Waals surface area contributed by atoms with E-state index in [9.17, 15) is 0 Å². The molecule has 0 unspecified atom stereocenters. The van der Waals surface area contributed by atoms with E-state index in [4.69, 9.17) is 9.84 Å². The van der Waals surface area contributed by atoms with Crippen molar-refractivity contribution in [2.45, 2.75) is 37.6 Å². The van der Waals surface area contributed by atoms with E-state index < -0.39 is 0 Å². The molecule has 2 fully saturated rings. The molecule has 19 heavy (non-hydrogen) atoms. The van der Waals surface area contributed by atoms with Crippen LogP contribution in [0.2, 0.25) is 0 Å². The largest absolute Gasteiger partial charge is 0.492 e. The summed E-state index contributed by atoms with van der Waals surface area (Å²) in [4.78, 5) is 4.27. The lowest BCUT2D eigenvalue weighted by Crippen LogP contribution is -2.43. The van der Waals surface area contributed by atoms with Crippen LogP contribution in [0.25, 0.3) is 0 Å². The highest BCUT2D eigenvalue weighted by molar-refractivity contribution is 5.30. The second-order valence-electron chi connectivity index (χ2n) is 5.65. The van der Waals surface area contributed by atoms with Crippen LogP contribution in [0.1, 0.15) is 37.2 Å². The first-order valence-corrected chi connectivity index (χ1v) is 7.29. The average molecular weight is 262 g/mol. The fourth-order valence-electron chi connectivity index (χ4n) is 2.77. The Kier molecular flexibility index (Phi) is 3.99. The Bertz CT molecular complexity index is 420. The topological polar surface area (TPSA) is 54.4 Å². The van der Waals surface area contributed by atoms with Gasteiger partial charge in [0.1, 0.15) is 5.75 Å². The van der Waals surface area contributed by atoms with Crippen LogP contribution in [0.4, 0.5) is 0 Å². The molecule has 1 saturated carbocycles. The highest BCUT2D eigenvalue weighted by atomic mass is 16.5. The maximum atomic E-state index is 8.95. The molecule has 1 aliphatic carbocycles. The molecule has 1 saturated heterocycles. The van der Waals surface area contributed by atoms with E-state index in [-0.39, 0.29) is 0 Å². The number of rotatable bonds is 7. The molecule has 1 aliphatic heterocycles. The summed E-state index contributed by atoms with van der Waals surface area (Å²) in [5.74, 6) is 2.10. The molecule has 0 bridgehead atoms. The molecule has 0 amide bonds. The zero-order valence-corrected chi connectivity index (χ0v) is 11.2. The van der Waals surface area contributed by atoms with E-state index in [0.29, 0.717) is 24.5 Å². The fourth-order valence-corrected chi connectivity index (χ4v) is 2.77. The standard InChI is InChI=1S/C15H22N2O2/c18-5-2-11-8-15(11)12-7-14(10-16-9-12)19-6-3-13-1-4-17-13/h7,9-11,13,15,17-18H,1-6,8H2/t11-,13-,15-/m0/s1. The fraction of sp³-hybridized carbons (Fsp3) is 0.667. The molecule has 1 aromatic heterocycles. The number of aromatic nitrogens is 1. The molecule has 2 heterocycles. The number of hydrogen-bond acceptors (Lipinski definition) is 4. The smallest absolute Gasteiger partial charge is 0.137 e. The minimum Gasteiger partial charge on any atom is -0.492 e. The van der Waals surface area contributed by atoms with Crippen LogP contribution in [-0.4, -0.2) is 35.9 Å². The van der Waals surface area contributed by atoms with Crippen LogP contribution in [0.5, 0.6) is 5.75 Å². The number of aliphatic hydroxyl groups is 1. The number of ether oxygens (including phenoxy) is 1. The van der Waals surface area contributed by atoms with Gasteiger partial charge in [-0.25, -0.2) is 0 Å². The van der Waals surface area contributed by atoms with Gasteiger partial charge in [0.05, 0.1) is 12.8 Å². The number of nitrogens with zero attached hydrogens (tertiary/aromatic N) is 1. The summed E-state index contributed by atoms with van der Waals surface area (Å²) >= 11 is 0. The molecular formula is C15H22N2O2. The van der Waals surface area contributed by atoms with Gasteiger partial charge in [0, 0.05) is 18.8 Å². The first kappa shape index (κ1) is 12.9. The van der Waals surface area contributed by atoms with Gasteiger partial charge in [0.2, 0.25) is 0 Å². The predicted molar refractivity (Wildman–Crippen MR) is 73.3 cm³/mol. The lowest BCUT2D eigenvalue weighted by atomic mass is 10.0. The zero-order chi connectivity index (χ0) is 13.1. The number of hydrogen-bond donors (Lipinski definition) is 2.